The van der Waals surface area contributed by atoms with Crippen molar-refractivity contribution in [3.05, 3.63) is 35.5 Å². The third-order valence-electron chi connectivity index (χ3n) is 6.37. The second kappa shape index (κ2) is 9.57. The van der Waals surface area contributed by atoms with Crippen LogP contribution in [0.15, 0.2) is 24.3 Å². The van der Waals surface area contributed by atoms with E-state index in [0.29, 0.717) is 43.9 Å². The quantitative estimate of drug-likeness (QED) is 0.663. The Morgan fingerprint density at radius 1 is 1.11 bits per heavy atom. The Hall–Kier alpha value is -3.40. The van der Waals surface area contributed by atoms with Gasteiger partial charge in [0.2, 0.25) is 0 Å². The third kappa shape index (κ3) is 5.53. The first-order valence-electron chi connectivity index (χ1n) is 12.6. The number of nitrogens with zero attached hydrogens (tertiary/aromatic N) is 4. The maximum absolute atomic E-state index is 12.8. The Balaban J connectivity index is 1.42. The summed E-state index contributed by atoms with van der Waals surface area (Å²) in [7, 11) is 0. The molecule has 192 valence electrons. The number of aromatic nitrogens is 2. The van der Waals surface area contributed by atoms with Gasteiger partial charge in [0.1, 0.15) is 11.4 Å². The van der Waals surface area contributed by atoms with Gasteiger partial charge < -0.3 is 25.0 Å². The van der Waals surface area contributed by atoms with Crippen molar-refractivity contribution in [1.82, 2.24) is 20.2 Å². The zero-order valence-corrected chi connectivity index (χ0v) is 21.3. The fraction of sp³-hybridized carbons (Fsp3) is 0.538. The van der Waals surface area contributed by atoms with Gasteiger partial charge in [0, 0.05) is 29.4 Å². The fourth-order valence-corrected chi connectivity index (χ4v) is 4.38. The lowest BCUT2D eigenvalue weighted by molar-refractivity contribution is 0.0240. The number of morpholine rings is 1. The molecule has 10 heteroatoms. The van der Waals surface area contributed by atoms with Gasteiger partial charge in [-0.3, -0.25) is 4.90 Å². The van der Waals surface area contributed by atoms with Crippen molar-refractivity contribution < 1.29 is 19.1 Å². The summed E-state index contributed by atoms with van der Waals surface area (Å²) in [6.45, 7) is 10.4. The Bertz CT molecular complexity index is 1140. The van der Waals surface area contributed by atoms with Gasteiger partial charge in [0.15, 0.2) is 5.82 Å². The van der Waals surface area contributed by atoms with Crippen molar-refractivity contribution >= 4 is 23.6 Å². The molecule has 1 unspecified atom stereocenters. The van der Waals surface area contributed by atoms with E-state index < -0.39 is 5.60 Å². The van der Waals surface area contributed by atoms with Crippen LogP contribution in [0.25, 0.3) is 11.4 Å². The van der Waals surface area contributed by atoms with Crippen molar-refractivity contribution in [3.8, 4) is 11.4 Å². The number of amides is 3. The molecule has 5 rings (SSSR count). The summed E-state index contributed by atoms with van der Waals surface area (Å²) >= 11 is 0. The first kappa shape index (κ1) is 24.3. The van der Waals surface area contributed by atoms with Crippen molar-refractivity contribution in [2.45, 2.75) is 71.3 Å². The van der Waals surface area contributed by atoms with Gasteiger partial charge in [0.05, 0.1) is 38.0 Å². The topological polar surface area (TPSA) is 109 Å². The van der Waals surface area contributed by atoms with E-state index in [2.05, 4.69) is 22.5 Å². The lowest BCUT2D eigenvalue weighted by Crippen LogP contribution is -2.44. The highest BCUT2D eigenvalue weighted by molar-refractivity contribution is 5.89. The smallest absolute Gasteiger partial charge is 0.410 e. The summed E-state index contributed by atoms with van der Waals surface area (Å²) in [6.07, 6.45) is 1.72. The zero-order valence-electron chi connectivity index (χ0n) is 21.3. The number of fused-ring (bicyclic) bond motifs is 1. The number of urea groups is 1. The van der Waals surface area contributed by atoms with Gasteiger partial charge in [0.25, 0.3) is 0 Å². The van der Waals surface area contributed by atoms with Crippen LogP contribution in [0, 0.1) is 0 Å². The van der Waals surface area contributed by atoms with Gasteiger partial charge >= 0.3 is 12.1 Å². The molecule has 1 aliphatic carbocycles. The minimum absolute atomic E-state index is 0.151. The van der Waals surface area contributed by atoms with E-state index in [-0.39, 0.29) is 18.2 Å². The maximum Gasteiger partial charge on any atom is 0.410 e. The predicted octanol–water partition coefficient (Wildman–Crippen LogP) is 3.90. The Morgan fingerprint density at radius 3 is 2.53 bits per heavy atom. The number of rotatable bonds is 4. The van der Waals surface area contributed by atoms with Gasteiger partial charge in [-0.15, -0.1) is 0 Å². The minimum Gasteiger partial charge on any atom is -0.444 e. The molecule has 36 heavy (non-hydrogen) atoms. The number of ether oxygens (including phenoxy) is 2. The lowest BCUT2D eigenvalue weighted by Gasteiger charge is -2.35. The molecule has 1 aromatic heterocycles. The fourth-order valence-electron chi connectivity index (χ4n) is 4.38. The Labute approximate surface area is 211 Å². The zero-order chi connectivity index (χ0) is 25.4. The van der Waals surface area contributed by atoms with Crippen molar-refractivity contribution in [2.24, 2.45) is 0 Å². The van der Waals surface area contributed by atoms with Gasteiger partial charge in [-0.1, -0.05) is 0 Å². The largest absolute Gasteiger partial charge is 0.444 e. The van der Waals surface area contributed by atoms with Crippen LogP contribution in [-0.2, 0) is 22.6 Å². The maximum atomic E-state index is 12.8. The molecule has 1 aromatic carbocycles. The highest BCUT2D eigenvalue weighted by atomic mass is 16.6. The molecule has 0 spiro atoms. The number of nitrogens with one attached hydrogen (secondary N) is 2. The van der Waals surface area contributed by atoms with Crippen LogP contribution in [0.5, 0.6) is 0 Å². The SMILES string of the molecule is CC1COCCN1c1nc(-c2ccc(NC(=O)NC3CC3)cc2)nc2c1CN(C(=O)OC(C)(C)C)C2. The molecule has 0 radical (unpaired) electrons. The number of anilines is 2. The summed E-state index contributed by atoms with van der Waals surface area (Å²) in [5, 5.41) is 5.79. The highest BCUT2D eigenvalue weighted by Crippen LogP contribution is 2.34. The summed E-state index contributed by atoms with van der Waals surface area (Å²) in [5.74, 6) is 1.42. The summed E-state index contributed by atoms with van der Waals surface area (Å²) in [6, 6.07) is 7.77. The molecule has 2 N–H and O–H groups in total. The number of hydrogen-bond donors (Lipinski definition) is 2. The molecular formula is C26H34N6O4. The Morgan fingerprint density at radius 2 is 1.86 bits per heavy atom. The van der Waals surface area contributed by atoms with E-state index in [9.17, 15) is 9.59 Å². The van der Waals surface area contributed by atoms with Crippen LogP contribution in [-0.4, -0.2) is 64.4 Å². The van der Waals surface area contributed by atoms with Crippen LogP contribution in [0.2, 0.25) is 0 Å². The van der Waals surface area contributed by atoms with Crippen molar-refractivity contribution in [2.75, 3.05) is 30.0 Å². The predicted molar refractivity (Wildman–Crippen MR) is 136 cm³/mol. The molecule has 3 heterocycles. The van der Waals surface area contributed by atoms with Gasteiger partial charge in [-0.25, -0.2) is 19.6 Å². The lowest BCUT2D eigenvalue weighted by atomic mass is 10.1. The highest BCUT2D eigenvalue weighted by Gasteiger charge is 2.34. The molecular weight excluding hydrogens is 460 g/mol. The second-order valence-electron chi connectivity index (χ2n) is 10.7. The number of benzene rings is 1. The van der Waals surface area contributed by atoms with E-state index in [1.165, 1.54) is 0 Å². The van der Waals surface area contributed by atoms with E-state index in [1.807, 2.05) is 45.0 Å². The van der Waals surface area contributed by atoms with E-state index in [0.717, 1.165) is 42.0 Å². The first-order chi connectivity index (χ1) is 17.2. The van der Waals surface area contributed by atoms with Crippen LogP contribution < -0.4 is 15.5 Å². The first-order valence-corrected chi connectivity index (χ1v) is 12.6. The summed E-state index contributed by atoms with van der Waals surface area (Å²) < 4.78 is 11.3. The normalized spacial score (nSPS) is 19.6. The molecule has 1 saturated heterocycles. The van der Waals surface area contributed by atoms with Crippen LogP contribution >= 0.6 is 0 Å². The molecule has 2 fully saturated rings. The summed E-state index contributed by atoms with van der Waals surface area (Å²) in [5.41, 5.74) is 2.74. The minimum atomic E-state index is -0.574. The average molecular weight is 495 g/mol. The average Bonchev–Trinajstić information content (AvgIpc) is 3.52. The monoisotopic (exact) mass is 494 g/mol. The molecule has 10 nitrogen and oxygen atoms in total. The van der Waals surface area contributed by atoms with Crippen LogP contribution in [0.4, 0.5) is 21.1 Å². The molecule has 3 amide bonds. The number of carbonyl (C=O) groups is 2. The molecule has 2 aliphatic heterocycles. The van der Waals surface area contributed by atoms with E-state index >= 15 is 0 Å². The van der Waals surface area contributed by atoms with Gasteiger partial charge in [-0.05, 0) is 64.8 Å². The second-order valence-corrected chi connectivity index (χ2v) is 10.7. The Kier molecular flexibility index (Phi) is 6.46. The van der Waals surface area contributed by atoms with E-state index in [4.69, 9.17) is 19.4 Å². The van der Waals surface area contributed by atoms with Crippen LogP contribution in [0.3, 0.4) is 0 Å². The molecule has 2 aromatic rings. The number of hydrogen-bond acceptors (Lipinski definition) is 7. The number of carbonyl (C=O) groups excluding carboxylic acids is 2. The molecule has 1 saturated carbocycles. The van der Waals surface area contributed by atoms with Crippen molar-refractivity contribution in [3.63, 3.8) is 0 Å². The summed E-state index contributed by atoms with van der Waals surface area (Å²) in [4.78, 5) is 38.6. The van der Waals surface area contributed by atoms with Gasteiger partial charge in [-0.2, -0.15) is 0 Å². The standard InChI is InChI=1S/C26H34N6O4/c1-16-15-35-12-11-32(16)23-20-13-31(25(34)36-26(2,3)4)14-21(20)29-22(30-23)17-5-7-18(8-6-17)27-24(33)28-19-9-10-19/h5-8,16,19H,9-15H2,1-4H3,(H2,27,28,33). The van der Waals surface area contributed by atoms with Crippen molar-refractivity contribution in [1.29, 1.82) is 0 Å². The molecule has 3 aliphatic rings. The molecule has 1 atom stereocenters. The third-order valence-corrected chi connectivity index (χ3v) is 6.37. The van der Waals surface area contributed by atoms with E-state index in [1.54, 1.807) is 4.90 Å². The van der Waals surface area contributed by atoms with Crippen LogP contribution in [0.1, 0.15) is 51.8 Å². The molecule has 0 bridgehead atoms.